The number of hydrogen-bond acceptors (Lipinski definition) is 4. The largest absolute Gasteiger partial charge is 0.493 e. The van der Waals surface area contributed by atoms with E-state index in [1.807, 2.05) is 49.4 Å². The zero-order valence-electron chi connectivity index (χ0n) is 13.9. The fourth-order valence-corrected chi connectivity index (χ4v) is 3.94. The Kier molecular flexibility index (Phi) is 6.21. The molecule has 1 aliphatic rings. The first kappa shape index (κ1) is 19.2. The zero-order chi connectivity index (χ0) is 18.7. The van der Waals surface area contributed by atoms with Gasteiger partial charge in [0, 0.05) is 14.5 Å². The highest BCUT2D eigenvalue weighted by molar-refractivity contribution is 9.10. The number of halogens is 2. The summed E-state index contributed by atoms with van der Waals surface area (Å²) in [4.78, 5) is 26.7. The zero-order valence-corrected chi connectivity index (χ0v) is 17.9. The molecule has 0 bridgehead atoms. The number of thioether (sulfide) groups is 1. The van der Waals surface area contributed by atoms with Gasteiger partial charge in [-0.2, -0.15) is 0 Å². The van der Waals surface area contributed by atoms with Crippen LogP contribution in [0, 0.1) is 0 Å². The topological polar surface area (TPSA) is 46.6 Å². The second kappa shape index (κ2) is 8.41. The molecule has 1 aliphatic heterocycles. The van der Waals surface area contributed by atoms with Crippen LogP contribution in [0.4, 0.5) is 4.79 Å². The van der Waals surface area contributed by atoms with E-state index in [0.29, 0.717) is 17.3 Å². The maximum atomic E-state index is 12.7. The first-order valence-corrected chi connectivity index (χ1v) is 10.3. The van der Waals surface area contributed by atoms with Crippen LogP contribution in [0.5, 0.6) is 5.75 Å². The average Bonchev–Trinajstić information content (AvgIpc) is 2.87. The summed E-state index contributed by atoms with van der Waals surface area (Å²) >= 11 is 7.76. The lowest BCUT2D eigenvalue weighted by atomic mass is 10.1. The Hall–Kier alpha value is -1.57. The monoisotopic (exact) mass is 495 g/mol. The standard InChI is InChI=1S/C19H15Br2NO3S/c1-2-25-16-8-7-15(21)9-13(16)10-17-18(23)22(19(24)26-17)11-12-3-5-14(20)6-4-12/h3-10H,2,11H2,1H3/b17-10-. The van der Waals surface area contributed by atoms with Gasteiger partial charge in [-0.05, 0) is 60.7 Å². The van der Waals surface area contributed by atoms with Crippen LogP contribution >= 0.6 is 43.6 Å². The molecule has 0 unspecified atom stereocenters. The first-order chi connectivity index (χ1) is 12.5. The minimum Gasteiger partial charge on any atom is -0.493 e. The van der Waals surface area contributed by atoms with Gasteiger partial charge < -0.3 is 4.74 Å². The number of hydrogen-bond donors (Lipinski definition) is 0. The summed E-state index contributed by atoms with van der Waals surface area (Å²) in [5.74, 6) is 0.390. The minimum atomic E-state index is -0.287. The van der Waals surface area contributed by atoms with Crippen LogP contribution in [0.3, 0.4) is 0 Å². The van der Waals surface area contributed by atoms with Crippen molar-refractivity contribution in [2.45, 2.75) is 13.5 Å². The van der Waals surface area contributed by atoms with E-state index < -0.39 is 0 Å². The van der Waals surface area contributed by atoms with E-state index in [4.69, 9.17) is 4.74 Å². The van der Waals surface area contributed by atoms with E-state index in [0.717, 1.165) is 31.8 Å². The Morgan fingerprint density at radius 1 is 1.08 bits per heavy atom. The quantitative estimate of drug-likeness (QED) is 0.487. The van der Waals surface area contributed by atoms with Crippen molar-refractivity contribution in [2.24, 2.45) is 0 Å². The van der Waals surface area contributed by atoms with Gasteiger partial charge in [-0.15, -0.1) is 0 Å². The number of imide groups is 1. The highest BCUT2D eigenvalue weighted by atomic mass is 79.9. The smallest absolute Gasteiger partial charge is 0.293 e. The molecule has 0 atom stereocenters. The van der Waals surface area contributed by atoms with Gasteiger partial charge in [-0.3, -0.25) is 14.5 Å². The molecule has 7 heteroatoms. The summed E-state index contributed by atoms with van der Waals surface area (Å²) in [6, 6.07) is 13.1. The van der Waals surface area contributed by atoms with Crippen LogP contribution < -0.4 is 4.74 Å². The third-order valence-corrected chi connectivity index (χ3v) is 5.62. The Morgan fingerprint density at radius 2 is 1.77 bits per heavy atom. The summed E-state index contributed by atoms with van der Waals surface area (Å²) in [6.45, 7) is 2.68. The van der Waals surface area contributed by atoms with Crippen LogP contribution in [0.15, 0.2) is 56.3 Å². The van der Waals surface area contributed by atoms with Gasteiger partial charge in [-0.1, -0.05) is 44.0 Å². The Bertz CT molecular complexity index is 881. The predicted molar refractivity (Wildman–Crippen MR) is 111 cm³/mol. The predicted octanol–water partition coefficient (Wildman–Crippen LogP) is 5.85. The lowest BCUT2D eigenvalue weighted by Crippen LogP contribution is -2.27. The Morgan fingerprint density at radius 3 is 2.46 bits per heavy atom. The Balaban J connectivity index is 1.85. The minimum absolute atomic E-state index is 0.256. The Labute approximate surface area is 172 Å². The van der Waals surface area contributed by atoms with Crippen molar-refractivity contribution in [1.29, 1.82) is 0 Å². The third kappa shape index (κ3) is 4.39. The van der Waals surface area contributed by atoms with Gasteiger partial charge >= 0.3 is 0 Å². The maximum absolute atomic E-state index is 12.7. The SMILES string of the molecule is CCOc1ccc(Br)cc1/C=C1\SC(=O)N(Cc2ccc(Br)cc2)C1=O. The number of benzene rings is 2. The summed E-state index contributed by atoms with van der Waals surface area (Å²) in [5, 5.41) is -0.267. The highest BCUT2D eigenvalue weighted by Gasteiger charge is 2.35. The molecule has 0 spiro atoms. The molecule has 1 fully saturated rings. The van der Waals surface area contributed by atoms with E-state index in [1.165, 1.54) is 4.90 Å². The molecule has 2 aromatic rings. The lowest BCUT2D eigenvalue weighted by Gasteiger charge is -2.12. The van der Waals surface area contributed by atoms with Gasteiger partial charge in [0.05, 0.1) is 18.1 Å². The normalized spacial score (nSPS) is 15.8. The van der Waals surface area contributed by atoms with Crippen LogP contribution in [-0.2, 0) is 11.3 Å². The van der Waals surface area contributed by atoms with Gasteiger partial charge in [-0.25, -0.2) is 0 Å². The molecule has 1 saturated heterocycles. The summed E-state index contributed by atoms with van der Waals surface area (Å²) in [5.41, 5.74) is 1.66. The fraction of sp³-hybridized carbons (Fsp3) is 0.158. The molecule has 0 N–H and O–H groups in total. The third-order valence-electron chi connectivity index (χ3n) is 3.69. The number of nitrogens with zero attached hydrogens (tertiary/aromatic N) is 1. The molecule has 0 aromatic heterocycles. The van der Waals surface area contributed by atoms with Crippen LogP contribution in [0.2, 0.25) is 0 Å². The molecule has 0 radical (unpaired) electrons. The van der Waals surface area contributed by atoms with Gasteiger partial charge in [0.15, 0.2) is 0 Å². The van der Waals surface area contributed by atoms with Crippen LogP contribution in [0.25, 0.3) is 6.08 Å². The lowest BCUT2D eigenvalue weighted by molar-refractivity contribution is -0.123. The van der Waals surface area contributed by atoms with Gasteiger partial charge in [0.25, 0.3) is 11.1 Å². The number of ether oxygens (including phenoxy) is 1. The van der Waals surface area contributed by atoms with Crippen molar-refractivity contribution < 1.29 is 14.3 Å². The van der Waals surface area contributed by atoms with Crippen molar-refractivity contribution in [3.63, 3.8) is 0 Å². The first-order valence-electron chi connectivity index (χ1n) is 7.90. The van der Waals surface area contributed by atoms with Crippen molar-refractivity contribution in [2.75, 3.05) is 6.61 Å². The average molecular weight is 497 g/mol. The van der Waals surface area contributed by atoms with E-state index in [1.54, 1.807) is 6.08 Å². The van der Waals surface area contributed by atoms with Crippen molar-refractivity contribution in [3.05, 3.63) is 67.4 Å². The summed E-state index contributed by atoms with van der Waals surface area (Å²) in [6.07, 6.45) is 1.71. The molecule has 4 nitrogen and oxygen atoms in total. The number of rotatable bonds is 5. The van der Waals surface area contributed by atoms with E-state index in [9.17, 15) is 9.59 Å². The molecule has 134 valence electrons. The molecule has 2 aromatic carbocycles. The van der Waals surface area contributed by atoms with Gasteiger partial charge in [0.1, 0.15) is 5.75 Å². The summed E-state index contributed by atoms with van der Waals surface area (Å²) in [7, 11) is 0. The van der Waals surface area contributed by atoms with E-state index in [2.05, 4.69) is 31.9 Å². The van der Waals surface area contributed by atoms with Crippen molar-refractivity contribution >= 4 is 60.8 Å². The fourth-order valence-electron chi connectivity index (χ4n) is 2.47. The highest BCUT2D eigenvalue weighted by Crippen LogP contribution is 2.35. The number of carbonyl (C=O) groups excluding carboxylic acids is 2. The van der Waals surface area contributed by atoms with E-state index in [-0.39, 0.29) is 17.7 Å². The van der Waals surface area contributed by atoms with Crippen LogP contribution in [0.1, 0.15) is 18.1 Å². The van der Waals surface area contributed by atoms with Crippen molar-refractivity contribution in [3.8, 4) is 5.75 Å². The second-order valence-corrected chi connectivity index (χ2v) is 8.33. The molecule has 3 rings (SSSR count). The van der Waals surface area contributed by atoms with Crippen molar-refractivity contribution in [1.82, 2.24) is 4.90 Å². The molecule has 1 heterocycles. The molecule has 2 amide bonds. The molecular weight excluding hydrogens is 482 g/mol. The molecular formula is C19H15Br2NO3S. The molecule has 0 aliphatic carbocycles. The van der Waals surface area contributed by atoms with Crippen LogP contribution in [-0.4, -0.2) is 22.7 Å². The van der Waals surface area contributed by atoms with E-state index >= 15 is 0 Å². The maximum Gasteiger partial charge on any atom is 0.293 e. The second-order valence-electron chi connectivity index (χ2n) is 5.51. The number of carbonyl (C=O) groups is 2. The van der Waals surface area contributed by atoms with Gasteiger partial charge in [0.2, 0.25) is 0 Å². The summed E-state index contributed by atoms with van der Waals surface area (Å²) < 4.78 is 7.44. The number of amides is 2. The molecule has 26 heavy (non-hydrogen) atoms. The molecule has 0 saturated carbocycles.